The zero-order valence-corrected chi connectivity index (χ0v) is 20.1. The number of likely N-dealkylation sites (tertiary alicyclic amines) is 1. The normalized spacial score (nSPS) is 20.0. The van der Waals surface area contributed by atoms with Crippen LogP contribution in [0.5, 0.6) is 0 Å². The van der Waals surface area contributed by atoms with E-state index in [1.807, 2.05) is 31.2 Å². The second kappa shape index (κ2) is 10.9. The number of hydrogen-bond acceptors (Lipinski definition) is 5. The number of amides is 2. The summed E-state index contributed by atoms with van der Waals surface area (Å²) in [5, 5.41) is 12.3. The molecule has 3 unspecified atom stereocenters. The summed E-state index contributed by atoms with van der Waals surface area (Å²) in [4.78, 5) is 38.4. The highest BCUT2D eigenvalue weighted by Gasteiger charge is 2.37. The van der Waals surface area contributed by atoms with Gasteiger partial charge >= 0.3 is 12.1 Å². The number of fused-ring (bicyclic) bond motifs is 3. The zero-order valence-electron chi connectivity index (χ0n) is 20.1. The van der Waals surface area contributed by atoms with Gasteiger partial charge in [0.15, 0.2) is 0 Å². The van der Waals surface area contributed by atoms with Gasteiger partial charge in [-0.2, -0.15) is 0 Å². The summed E-state index contributed by atoms with van der Waals surface area (Å²) in [5.74, 6) is -1.42. The van der Waals surface area contributed by atoms with E-state index in [1.54, 1.807) is 0 Å². The molecule has 2 amide bonds. The van der Waals surface area contributed by atoms with Crippen LogP contribution >= 0.6 is 0 Å². The predicted octanol–water partition coefficient (Wildman–Crippen LogP) is 3.64. The monoisotopic (exact) mass is 480 g/mol. The van der Waals surface area contributed by atoms with E-state index in [-0.39, 0.29) is 37.3 Å². The molecule has 0 bridgehead atoms. The molecule has 0 aromatic heterocycles. The van der Waals surface area contributed by atoms with E-state index in [1.165, 1.54) is 12.0 Å². The highest BCUT2D eigenvalue weighted by molar-refractivity contribution is 5.84. The van der Waals surface area contributed by atoms with Crippen molar-refractivity contribution in [1.29, 1.82) is 0 Å². The molecule has 1 aliphatic carbocycles. The summed E-state index contributed by atoms with van der Waals surface area (Å²) >= 11 is 0. The van der Waals surface area contributed by atoms with Crippen molar-refractivity contribution in [2.75, 3.05) is 26.8 Å². The zero-order chi connectivity index (χ0) is 24.9. The topological polar surface area (TPSA) is 105 Å². The Morgan fingerprint density at radius 3 is 2.31 bits per heavy atom. The first kappa shape index (κ1) is 24.7. The lowest BCUT2D eigenvalue weighted by Gasteiger charge is -2.37. The predicted molar refractivity (Wildman–Crippen MR) is 130 cm³/mol. The minimum Gasteiger partial charge on any atom is -0.480 e. The van der Waals surface area contributed by atoms with Crippen LogP contribution in [0.15, 0.2) is 48.5 Å². The third-order valence-electron chi connectivity index (χ3n) is 7.06. The molecule has 2 aromatic rings. The van der Waals surface area contributed by atoms with Crippen LogP contribution in [0.25, 0.3) is 11.1 Å². The van der Waals surface area contributed by atoms with Crippen LogP contribution in [-0.4, -0.2) is 66.9 Å². The number of rotatable bonds is 8. The second-order valence-electron chi connectivity index (χ2n) is 9.26. The minimum absolute atomic E-state index is 0.0172. The highest BCUT2D eigenvalue weighted by Crippen LogP contribution is 2.44. The van der Waals surface area contributed by atoms with Gasteiger partial charge in [0.05, 0.1) is 12.5 Å². The first-order valence-electron chi connectivity index (χ1n) is 12.0. The van der Waals surface area contributed by atoms with Crippen LogP contribution in [0.1, 0.15) is 43.2 Å². The lowest BCUT2D eigenvalue weighted by molar-refractivity contribution is -0.155. The number of ether oxygens (including phenoxy) is 2. The van der Waals surface area contributed by atoms with Gasteiger partial charge in [0.1, 0.15) is 12.6 Å². The number of nitrogens with one attached hydrogen (secondary N) is 1. The Morgan fingerprint density at radius 1 is 1.09 bits per heavy atom. The van der Waals surface area contributed by atoms with E-state index >= 15 is 0 Å². The molecule has 186 valence electrons. The van der Waals surface area contributed by atoms with Crippen LogP contribution < -0.4 is 5.32 Å². The maximum absolute atomic E-state index is 12.8. The lowest BCUT2D eigenvalue weighted by atomic mass is 9.90. The van der Waals surface area contributed by atoms with Gasteiger partial charge in [0, 0.05) is 26.1 Å². The molecule has 2 aliphatic rings. The van der Waals surface area contributed by atoms with Gasteiger partial charge < -0.3 is 24.8 Å². The molecule has 0 radical (unpaired) electrons. The molecule has 4 rings (SSSR count). The Morgan fingerprint density at radius 2 is 1.71 bits per heavy atom. The number of methoxy groups -OCH3 is 1. The SMILES string of the molecule is COC(CNC(=O)OCC1c2ccccc2-c2ccccc21)CC(=O)N1CCCC(C)C1C(=O)O. The standard InChI is InChI=1S/C27H32N2O6/c1-17-8-7-13-29(25(17)26(31)32)24(30)14-18(34-2)15-28-27(33)35-16-23-21-11-5-3-9-19(21)20-10-4-6-12-22(20)23/h3-6,9-12,17-18,23,25H,7-8,13-16H2,1-2H3,(H,28,33)(H,31,32). The Balaban J connectivity index is 1.30. The third kappa shape index (κ3) is 5.32. The largest absolute Gasteiger partial charge is 0.480 e. The number of carbonyl (C=O) groups is 3. The van der Waals surface area contributed by atoms with Crippen LogP contribution in [0, 0.1) is 5.92 Å². The summed E-state index contributed by atoms with van der Waals surface area (Å²) in [7, 11) is 1.46. The number of piperidine rings is 1. The first-order chi connectivity index (χ1) is 16.9. The van der Waals surface area contributed by atoms with Gasteiger partial charge in [0.25, 0.3) is 0 Å². The number of aliphatic carboxylic acids is 1. The molecule has 2 aromatic carbocycles. The third-order valence-corrected chi connectivity index (χ3v) is 7.06. The number of hydrogen-bond donors (Lipinski definition) is 2. The average molecular weight is 481 g/mol. The number of nitrogens with zero attached hydrogens (tertiary/aromatic N) is 1. The number of alkyl carbamates (subject to hydrolysis) is 1. The minimum atomic E-state index is -0.990. The molecule has 1 heterocycles. The van der Waals surface area contributed by atoms with Gasteiger partial charge in [0.2, 0.25) is 5.91 Å². The van der Waals surface area contributed by atoms with E-state index in [9.17, 15) is 19.5 Å². The molecular weight excluding hydrogens is 448 g/mol. The van der Waals surface area contributed by atoms with E-state index in [2.05, 4.69) is 29.6 Å². The maximum atomic E-state index is 12.8. The van der Waals surface area contributed by atoms with E-state index in [0.717, 1.165) is 35.1 Å². The summed E-state index contributed by atoms with van der Waals surface area (Å²) in [6.45, 7) is 2.55. The molecule has 8 heteroatoms. The number of carboxylic acids is 1. The molecule has 2 N–H and O–H groups in total. The summed E-state index contributed by atoms with van der Waals surface area (Å²) < 4.78 is 10.9. The van der Waals surface area contributed by atoms with Crippen molar-refractivity contribution in [3.8, 4) is 11.1 Å². The molecule has 35 heavy (non-hydrogen) atoms. The molecule has 8 nitrogen and oxygen atoms in total. The maximum Gasteiger partial charge on any atom is 0.407 e. The van der Waals surface area contributed by atoms with Crippen molar-refractivity contribution in [2.45, 2.75) is 44.2 Å². The highest BCUT2D eigenvalue weighted by atomic mass is 16.5. The molecular formula is C27H32N2O6. The summed E-state index contributed by atoms with van der Waals surface area (Å²) in [6.07, 6.45) is 0.354. The van der Waals surface area contributed by atoms with Gasteiger partial charge in [-0.15, -0.1) is 0 Å². The van der Waals surface area contributed by atoms with Crippen LogP contribution in [-0.2, 0) is 19.1 Å². The van der Waals surface area contributed by atoms with Gasteiger partial charge in [-0.05, 0) is 41.0 Å². The van der Waals surface area contributed by atoms with Crippen molar-refractivity contribution in [3.05, 3.63) is 59.7 Å². The van der Waals surface area contributed by atoms with Crippen molar-refractivity contribution in [3.63, 3.8) is 0 Å². The van der Waals surface area contributed by atoms with E-state index in [4.69, 9.17) is 9.47 Å². The van der Waals surface area contributed by atoms with Gasteiger partial charge in [-0.1, -0.05) is 55.5 Å². The fourth-order valence-corrected chi connectivity index (χ4v) is 5.24. The fraction of sp³-hybridized carbons (Fsp3) is 0.444. The molecule has 0 spiro atoms. The lowest BCUT2D eigenvalue weighted by Crippen LogP contribution is -2.53. The van der Waals surface area contributed by atoms with Crippen LogP contribution in [0.3, 0.4) is 0 Å². The molecule has 1 aliphatic heterocycles. The average Bonchev–Trinajstić information content (AvgIpc) is 3.18. The number of carbonyl (C=O) groups excluding carboxylic acids is 2. The second-order valence-corrected chi connectivity index (χ2v) is 9.26. The number of carboxylic acid groups (broad SMARTS) is 1. The first-order valence-corrected chi connectivity index (χ1v) is 12.0. The Bertz CT molecular complexity index is 1040. The molecule has 0 saturated carbocycles. The quantitative estimate of drug-likeness (QED) is 0.598. The summed E-state index contributed by atoms with van der Waals surface area (Å²) in [6, 6.07) is 15.4. The Labute approximate surface area is 205 Å². The molecule has 1 saturated heterocycles. The van der Waals surface area contributed by atoms with Crippen molar-refractivity contribution in [2.24, 2.45) is 5.92 Å². The smallest absolute Gasteiger partial charge is 0.407 e. The van der Waals surface area contributed by atoms with Crippen molar-refractivity contribution in [1.82, 2.24) is 10.2 Å². The van der Waals surface area contributed by atoms with Crippen LogP contribution in [0.2, 0.25) is 0 Å². The molecule has 3 atom stereocenters. The van der Waals surface area contributed by atoms with E-state index < -0.39 is 24.2 Å². The Hall–Kier alpha value is -3.39. The Kier molecular flexibility index (Phi) is 7.70. The molecule has 1 fully saturated rings. The van der Waals surface area contributed by atoms with Gasteiger partial charge in [-0.3, -0.25) is 4.79 Å². The van der Waals surface area contributed by atoms with Crippen molar-refractivity contribution < 1.29 is 29.0 Å². The van der Waals surface area contributed by atoms with Crippen molar-refractivity contribution >= 4 is 18.0 Å². The van der Waals surface area contributed by atoms with Gasteiger partial charge in [-0.25, -0.2) is 9.59 Å². The van der Waals surface area contributed by atoms with E-state index in [0.29, 0.717) is 6.54 Å². The fourth-order valence-electron chi connectivity index (χ4n) is 5.24. The van der Waals surface area contributed by atoms with Crippen LogP contribution in [0.4, 0.5) is 4.79 Å². The summed E-state index contributed by atoms with van der Waals surface area (Å²) in [5.41, 5.74) is 4.57. The number of benzene rings is 2.